The number of amides is 1. The van der Waals surface area contributed by atoms with E-state index in [9.17, 15) is 13.2 Å². The van der Waals surface area contributed by atoms with Crippen LogP contribution in [0, 0.1) is 0 Å². The molecule has 20 heavy (non-hydrogen) atoms. The third kappa shape index (κ3) is 3.57. The van der Waals surface area contributed by atoms with E-state index in [-0.39, 0.29) is 23.5 Å². The summed E-state index contributed by atoms with van der Waals surface area (Å²) in [7, 11) is -2.98. The van der Waals surface area contributed by atoms with E-state index in [0.717, 1.165) is 0 Å². The van der Waals surface area contributed by atoms with Gasteiger partial charge in [-0.05, 0) is 13.3 Å². The molecule has 0 aliphatic carbocycles. The normalized spacial score (nSPS) is 21.8. The van der Waals surface area contributed by atoms with Crippen LogP contribution in [0.5, 0.6) is 0 Å². The molecule has 0 saturated carbocycles. The third-order valence-corrected chi connectivity index (χ3v) is 4.78. The van der Waals surface area contributed by atoms with Crippen molar-refractivity contribution < 1.29 is 13.2 Å². The van der Waals surface area contributed by atoms with Crippen LogP contribution in [0.1, 0.15) is 19.4 Å². The van der Waals surface area contributed by atoms with Crippen molar-refractivity contribution in [2.24, 2.45) is 0 Å². The Labute approximate surface area is 118 Å². The number of rotatable bonds is 4. The molecular formula is C13H17N3O3S. The van der Waals surface area contributed by atoms with Gasteiger partial charge in [0.15, 0.2) is 9.84 Å². The van der Waals surface area contributed by atoms with Gasteiger partial charge in [0.2, 0.25) is 5.91 Å². The number of aromatic nitrogens is 2. The molecule has 1 atom stereocenters. The minimum Gasteiger partial charge on any atom is -0.307 e. The summed E-state index contributed by atoms with van der Waals surface area (Å²) in [6.07, 6.45) is 8.69. The lowest BCUT2D eigenvalue weighted by molar-refractivity contribution is -0.111. The lowest BCUT2D eigenvalue weighted by Gasteiger charge is -2.12. The molecule has 1 saturated heterocycles. The number of hydrogen-bond acceptors (Lipinski definition) is 4. The van der Waals surface area contributed by atoms with Gasteiger partial charge < -0.3 is 5.32 Å². The Kier molecular flexibility index (Phi) is 4.39. The molecule has 0 radical (unpaired) electrons. The molecule has 0 bridgehead atoms. The molecule has 6 nitrogen and oxygen atoms in total. The minimum absolute atomic E-state index is 0.0754. The Bertz CT molecular complexity index is 644. The van der Waals surface area contributed by atoms with Crippen molar-refractivity contribution in [2.45, 2.75) is 19.4 Å². The molecule has 1 aromatic heterocycles. The van der Waals surface area contributed by atoms with Crippen molar-refractivity contribution >= 4 is 21.6 Å². The average Bonchev–Trinajstić information content (AvgIpc) is 2.96. The molecule has 1 amide bonds. The monoisotopic (exact) mass is 295 g/mol. The Hall–Kier alpha value is -1.89. The van der Waals surface area contributed by atoms with Crippen molar-refractivity contribution in [2.75, 3.05) is 16.8 Å². The summed E-state index contributed by atoms with van der Waals surface area (Å²) < 4.78 is 24.6. The van der Waals surface area contributed by atoms with Crippen LogP contribution in [0.15, 0.2) is 36.6 Å². The molecule has 1 N–H and O–H groups in total. The second-order valence-electron chi connectivity index (χ2n) is 4.59. The zero-order valence-electron chi connectivity index (χ0n) is 11.2. The highest BCUT2D eigenvalue weighted by atomic mass is 32.2. The van der Waals surface area contributed by atoms with Gasteiger partial charge in [-0.1, -0.05) is 18.2 Å². The van der Waals surface area contributed by atoms with Crippen LogP contribution in [0.3, 0.4) is 0 Å². The van der Waals surface area contributed by atoms with Gasteiger partial charge in [-0.3, -0.25) is 4.79 Å². The molecule has 7 heteroatoms. The summed E-state index contributed by atoms with van der Waals surface area (Å²) in [5.41, 5.74) is 0. The Morgan fingerprint density at radius 1 is 1.50 bits per heavy atom. The summed E-state index contributed by atoms with van der Waals surface area (Å²) in [5, 5.41) is 6.81. The fourth-order valence-corrected chi connectivity index (χ4v) is 3.79. The quantitative estimate of drug-likeness (QED) is 0.671. The van der Waals surface area contributed by atoms with E-state index in [1.165, 1.54) is 6.08 Å². The predicted octanol–water partition coefficient (Wildman–Crippen LogP) is 1.31. The fourth-order valence-electron chi connectivity index (χ4n) is 2.09. The zero-order valence-corrected chi connectivity index (χ0v) is 12.0. The summed E-state index contributed by atoms with van der Waals surface area (Å²) >= 11 is 0. The first-order chi connectivity index (χ1) is 9.52. The second-order valence-corrected chi connectivity index (χ2v) is 6.82. The molecule has 0 unspecified atom stereocenters. The highest BCUT2D eigenvalue weighted by molar-refractivity contribution is 7.91. The number of nitrogens with zero attached hydrogens (tertiary/aromatic N) is 2. The Morgan fingerprint density at radius 3 is 2.95 bits per heavy atom. The molecule has 108 valence electrons. The summed E-state index contributed by atoms with van der Waals surface area (Å²) in [5.74, 6) is 0.492. The number of nitrogens with one attached hydrogen (secondary N) is 1. The zero-order chi connectivity index (χ0) is 14.6. The second kappa shape index (κ2) is 6.04. The van der Waals surface area contributed by atoms with Crippen molar-refractivity contribution in [1.82, 2.24) is 9.78 Å². The number of anilines is 1. The maximum atomic E-state index is 11.7. The van der Waals surface area contributed by atoms with Crippen LogP contribution in [-0.4, -0.2) is 35.6 Å². The Morgan fingerprint density at radius 2 is 2.30 bits per heavy atom. The number of hydrogen-bond donors (Lipinski definition) is 1. The molecule has 1 aliphatic heterocycles. The van der Waals surface area contributed by atoms with E-state index in [2.05, 4.69) is 10.4 Å². The van der Waals surface area contributed by atoms with Gasteiger partial charge in [-0.2, -0.15) is 5.10 Å². The van der Waals surface area contributed by atoms with E-state index < -0.39 is 9.84 Å². The van der Waals surface area contributed by atoms with Crippen molar-refractivity contribution in [3.8, 4) is 0 Å². The van der Waals surface area contributed by atoms with Crippen LogP contribution >= 0.6 is 0 Å². The van der Waals surface area contributed by atoms with Crippen molar-refractivity contribution in [3.05, 3.63) is 36.6 Å². The third-order valence-electron chi connectivity index (χ3n) is 3.03. The van der Waals surface area contributed by atoms with E-state index in [1.807, 2.05) is 13.0 Å². The lowest BCUT2D eigenvalue weighted by Crippen LogP contribution is -2.18. The van der Waals surface area contributed by atoms with E-state index >= 15 is 0 Å². The predicted molar refractivity (Wildman–Crippen MR) is 77.1 cm³/mol. The van der Waals surface area contributed by atoms with Crippen molar-refractivity contribution in [1.29, 1.82) is 0 Å². The number of carbonyl (C=O) groups excluding carboxylic acids is 1. The maximum absolute atomic E-state index is 11.7. The molecule has 2 rings (SSSR count). The highest BCUT2D eigenvalue weighted by Gasteiger charge is 2.30. The SMILES string of the molecule is C/C=C/C=C/C(=O)Nc1ccnn1[C@H]1CCS(=O)(=O)C1. The van der Waals surface area contributed by atoms with Crippen molar-refractivity contribution in [3.63, 3.8) is 0 Å². The van der Waals surface area contributed by atoms with Crippen LogP contribution in [0.25, 0.3) is 0 Å². The Balaban J connectivity index is 2.08. The molecule has 0 spiro atoms. The lowest BCUT2D eigenvalue weighted by atomic mass is 10.3. The van der Waals surface area contributed by atoms with E-state index in [4.69, 9.17) is 0 Å². The van der Waals surface area contributed by atoms with Crippen LogP contribution in [-0.2, 0) is 14.6 Å². The largest absolute Gasteiger partial charge is 0.307 e. The van der Waals surface area contributed by atoms with Crippen LogP contribution in [0.2, 0.25) is 0 Å². The first kappa shape index (κ1) is 14.5. The van der Waals surface area contributed by atoms with Gasteiger partial charge in [0, 0.05) is 12.1 Å². The first-order valence-electron chi connectivity index (χ1n) is 6.36. The van der Waals surface area contributed by atoms with E-state index in [1.54, 1.807) is 29.1 Å². The smallest absolute Gasteiger partial charge is 0.249 e. The van der Waals surface area contributed by atoms with E-state index in [0.29, 0.717) is 12.2 Å². The number of sulfone groups is 1. The van der Waals surface area contributed by atoms with Crippen LogP contribution in [0.4, 0.5) is 5.82 Å². The van der Waals surface area contributed by atoms with Crippen LogP contribution < -0.4 is 5.32 Å². The highest BCUT2D eigenvalue weighted by Crippen LogP contribution is 2.26. The molecule has 0 aromatic carbocycles. The molecule has 1 aromatic rings. The van der Waals surface area contributed by atoms with Gasteiger partial charge >= 0.3 is 0 Å². The van der Waals surface area contributed by atoms with Gasteiger partial charge in [-0.25, -0.2) is 13.1 Å². The molecule has 1 aliphatic rings. The summed E-state index contributed by atoms with van der Waals surface area (Å²) in [4.78, 5) is 11.7. The average molecular weight is 295 g/mol. The fraction of sp³-hybridized carbons (Fsp3) is 0.385. The summed E-state index contributed by atoms with van der Waals surface area (Å²) in [6, 6.07) is 1.46. The maximum Gasteiger partial charge on any atom is 0.249 e. The number of allylic oxidation sites excluding steroid dienone is 3. The van der Waals surface area contributed by atoms with Gasteiger partial charge in [-0.15, -0.1) is 0 Å². The molecular weight excluding hydrogens is 278 g/mol. The molecule has 2 heterocycles. The minimum atomic E-state index is -2.98. The topological polar surface area (TPSA) is 81.1 Å². The van der Waals surface area contributed by atoms with Gasteiger partial charge in [0.25, 0.3) is 0 Å². The standard InChI is InChI=1S/C13H17N3O3S/c1-2-3-4-5-13(17)15-12-6-8-14-16(12)11-7-9-20(18,19)10-11/h2-6,8,11H,7,9-10H2,1H3,(H,15,17)/b3-2+,5-4+/t11-/m0/s1. The molecule has 1 fully saturated rings. The first-order valence-corrected chi connectivity index (χ1v) is 8.18. The van der Waals surface area contributed by atoms with Gasteiger partial charge in [0.05, 0.1) is 23.7 Å². The van der Waals surface area contributed by atoms with Gasteiger partial charge in [0.1, 0.15) is 5.82 Å². The summed E-state index contributed by atoms with van der Waals surface area (Å²) in [6.45, 7) is 1.86. The number of carbonyl (C=O) groups is 1.